The van der Waals surface area contributed by atoms with Crippen molar-refractivity contribution >= 4 is 0 Å². The van der Waals surface area contributed by atoms with Crippen LogP contribution in [0, 0.1) is 17.8 Å². The quantitative estimate of drug-likeness (QED) is 0.828. The molecule has 2 nitrogen and oxygen atoms in total. The Kier molecular flexibility index (Phi) is 3.68. The summed E-state index contributed by atoms with van der Waals surface area (Å²) in [4.78, 5) is 2.87. The van der Waals surface area contributed by atoms with Gasteiger partial charge in [-0.25, -0.2) is 0 Å². The fraction of sp³-hybridized carbons (Fsp3) is 1.00. The predicted octanol–water partition coefficient (Wildman–Crippen LogP) is 2.88. The molecule has 2 heteroatoms. The van der Waals surface area contributed by atoms with Crippen LogP contribution in [0.3, 0.4) is 0 Å². The minimum Gasteiger partial charge on any atom is -0.311 e. The third-order valence-electron chi connectivity index (χ3n) is 5.58. The molecule has 3 rings (SSSR count). The van der Waals surface area contributed by atoms with E-state index in [1.807, 2.05) is 0 Å². The van der Waals surface area contributed by atoms with Crippen molar-refractivity contribution in [3.63, 3.8) is 0 Å². The lowest BCUT2D eigenvalue weighted by Crippen LogP contribution is -2.59. The van der Waals surface area contributed by atoms with E-state index in [-0.39, 0.29) is 0 Å². The van der Waals surface area contributed by atoms with Gasteiger partial charge in [0.1, 0.15) is 0 Å². The molecule has 1 saturated heterocycles. The summed E-state index contributed by atoms with van der Waals surface area (Å²) in [5, 5.41) is 3.76. The van der Waals surface area contributed by atoms with Gasteiger partial charge in [-0.05, 0) is 50.4 Å². The van der Waals surface area contributed by atoms with Gasteiger partial charge in [-0.2, -0.15) is 0 Å². The molecule has 0 radical (unpaired) electrons. The van der Waals surface area contributed by atoms with Gasteiger partial charge in [0.25, 0.3) is 0 Å². The molecule has 1 aliphatic heterocycles. The summed E-state index contributed by atoms with van der Waals surface area (Å²) in [6.45, 7) is 9.62. The molecule has 5 atom stereocenters. The highest BCUT2D eigenvalue weighted by atomic mass is 15.3. The number of nitrogens with zero attached hydrogens (tertiary/aromatic N) is 1. The van der Waals surface area contributed by atoms with Crippen LogP contribution in [-0.2, 0) is 0 Å². The van der Waals surface area contributed by atoms with Crippen molar-refractivity contribution in [2.75, 3.05) is 13.1 Å². The van der Waals surface area contributed by atoms with Gasteiger partial charge in [0.2, 0.25) is 0 Å². The SMILES string of the molecule is CC(C)CC1CN(C2CC3CCC2C3)C(C)CN1. The Bertz CT molecular complexity index is 289. The van der Waals surface area contributed by atoms with Gasteiger partial charge >= 0.3 is 0 Å². The van der Waals surface area contributed by atoms with Gasteiger partial charge in [-0.1, -0.05) is 20.3 Å². The van der Waals surface area contributed by atoms with Crippen molar-refractivity contribution in [2.45, 2.75) is 71.0 Å². The van der Waals surface area contributed by atoms with Gasteiger partial charge in [-0.15, -0.1) is 0 Å². The Morgan fingerprint density at radius 1 is 1.22 bits per heavy atom. The van der Waals surface area contributed by atoms with E-state index >= 15 is 0 Å². The van der Waals surface area contributed by atoms with Gasteiger partial charge in [0.15, 0.2) is 0 Å². The first-order chi connectivity index (χ1) is 8.63. The van der Waals surface area contributed by atoms with Crippen molar-refractivity contribution in [1.29, 1.82) is 0 Å². The second kappa shape index (κ2) is 5.13. The van der Waals surface area contributed by atoms with Crippen LogP contribution in [-0.4, -0.2) is 36.1 Å². The topological polar surface area (TPSA) is 15.3 Å². The Hall–Kier alpha value is -0.0800. The van der Waals surface area contributed by atoms with Gasteiger partial charge in [0, 0.05) is 31.2 Å². The van der Waals surface area contributed by atoms with Crippen LogP contribution in [0.25, 0.3) is 0 Å². The summed E-state index contributed by atoms with van der Waals surface area (Å²) in [6.07, 6.45) is 7.42. The van der Waals surface area contributed by atoms with E-state index in [4.69, 9.17) is 0 Å². The fourth-order valence-electron chi connectivity index (χ4n) is 4.76. The molecule has 0 aromatic rings. The molecule has 2 saturated carbocycles. The van der Waals surface area contributed by atoms with E-state index in [2.05, 4.69) is 31.0 Å². The summed E-state index contributed by atoms with van der Waals surface area (Å²) in [5.74, 6) is 2.93. The minimum atomic E-state index is 0.736. The van der Waals surface area contributed by atoms with Crippen molar-refractivity contribution in [1.82, 2.24) is 10.2 Å². The minimum absolute atomic E-state index is 0.736. The van der Waals surface area contributed by atoms with Crippen molar-refractivity contribution in [2.24, 2.45) is 17.8 Å². The zero-order valence-corrected chi connectivity index (χ0v) is 12.4. The van der Waals surface area contributed by atoms with Crippen LogP contribution in [0.4, 0.5) is 0 Å². The van der Waals surface area contributed by atoms with Crippen molar-refractivity contribution < 1.29 is 0 Å². The first-order valence-electron chi connectivity index (χ1n) is 8.12. The molecule has 3 aliphatic rings. The second-order valence-electron chi connectivity index (χ2n) is 7.52. The molecule has 104 valence electrons. The maximum atomic E-state index is 3.76. The van der Waals surface area contributed by atoms with Gasteiger partial charge in [-0.3, -0.25) is 4.90 Å². The van der Waals surface area contributed by atoms with Crippen LogP contribution in [0.15, 0.2) is 0 Å². The lowest BCUT2D eigenvalue weighted by Gasteiger charge is -2.45. The molecule has 18 heavy (non-hydrogen) atoms. The second-order valence-corrected chi connectivity index (χ2v) is 7.52. The lowest BCUT2D eigenvalue weighted by atomic mass is 9.90. The van der Waals surface area contributed by atoms with Crippen LogP contribution in [0.5, 0.6) is 0 Å². The van der Waals surface area contributed by atoms with Crippen LogP contribution < -0.4 is 5.32 Å². The van der Waals surface area contributed by atoms with Gasteiger partial charge < -0.3 is 5.32 Å². The maximum absolute atomic E-state index is 3.76. The average molecular weight is 250 g/mol. The zero-order valence-electron chi connectivity index (χ0n) is 12.4. The van der Waals surface area contributed by atoms with Crippen molar-refractivity contribution in [3.8, 4) is 0 Å². The monoisotopic (exact) mass is 250 g/mol. The highest BCUT2D eigenvalue weighted by Gasteiger charge is 2.44. The highest BCUT2D eigenvalue weighted by Crippen LogP contribution is 2.47. The van der Waals surface area contributed by atoms with Crippen LogP contribution in [0.2, 0.25) is 0 Å². The number of rotatable bonds is 3. The molecule has 5 unspecified atom stereocenters. The number of piperazine rings is 1. The fourth-order valence-corrected chi connectivity index (χ4v) is 4.76. The van der Waals surface area contributed by atoms with E-state index in [9.17, 15) is 0 Å². The molecule has 1 heterocycles. The molecule has 3 fully saturated rings. The molecular weight excluding hydrogens is 220 g/mol. The summed E-state index contributed by atoms with van der Waals surface area (Å²) < 4.78 is 0. The summed E-state index contributed by atoms with van der Waals surface area (Å²) in [5.41, 5.74) is 0. The first kappa shape index (κ1) is 12.9. The lowest BCUT2D eigenvalue weighted by molar-refractivity contribution is 0.0566. The summed E-state index contributed by atoms with van der Waals surface area (Å²) in [6, 6.07) is 2.41. The normalized spacial score (nSPS) is 45.0. The van der Waals surface area contributed by atoms with E-state index in [1.165, 1.54) is 45.2 Å². The Morgan fingerprint density at radius 2 is 2.06 bits per heavy atom. The van der Waals surface area contributed by atoms with E-state index < -0.39 is 0 Å². The number of hydrogen-bond acceptors (Lipinski definition) is 2. The highest BCUT2D eigenvalue weighted by molar-refractivity contribution is 4.99. The van der Waals surface area contributed by atoms with Gasteiger partial charge in [0.05, 0.1) is 0 Å². The molecule has 0 amide bonds. The Labute approximate surface area is 113 Å². The molecule has 0 aromatic carbocycles. The van der Waals surface area contributed by atoms with Crippen LogP contribution in [0.1, 0.15) is 52.9 Å². The third kappa shape index (κ3) is 2.46. The Morgan fingerprint density at radius 3 is 2.67 bits per heavy atom. The molecule has 2 aliphatic carbocycles. The average Bonchev–Trinajstić information content (AvgIpc) is 2.93. The molecular formula is C16H30N2. The standard InChI is InChI=1S/C16H30N2/c1-11(2)6-15-10-18(12(3)9-17-15)16-8-13-4-5-14(16)7-13/h11-17H,4-10H2,1-3H3. The van der Waals surface area contributed by atoms with Crippen molar-refractivity contribution in [3.05, 3.63) is 0 Å². The predicted molar refractivity (Wildman–Crippen MR) is 76.6 cm³/mol. The number of nitrogens with one attached hydrogen (secondary N) is 1. The number of hydrogen-bond donors (Lipinski definition) is 1. The molecule has 2 bridgehead atoms. The Balaban J connectivity index is 1.62. The van der Waals surface area contributed by atoms with E-state index in [0.29, 0.717) is 0 Å². The largest absolute Gasteiger partial charge is 0.311 e. The third-order valence-corrected chi connectivity index (χ3v) is 5.58. The zero-order chi connectivity index (χ0) is 12.7. The van der Waals surface area contributed by atoms with E-state index in [1.54, 1.807) is 0 Å². The molecule has 0 spiro atoms. The summed E-state index contributed by atoms with van der Waals surface area (Å²) in [7, 11) is 0. The van der Waals surface area contributed by atoms with E-state index in [0.717, 1.165) is 35.9 Å². The number of fused-ring (bicyclic) bond motifs is 2. The maximum Gasteiger partial charge on any atom is 0.0198 e. The molecule has 1 N–H and O–H groups in total. The molecule has 0 aromatic heterocycles. The summed E-state index contributed by atoms with van der Waals surface area (Å²) >= 11 is 0. The smallest absolute Gasteiger partial charge is 0.0198 e. The first-order valence-corrected chi connectivity index (χ1v) is 8.12. The van der Waals surface area contributed by atoms with Crippen LogP contribution >= 0.6 is 0 Å².